The molecule has 6 aromatic carbocycles. The second-order valence-electron chi connectivity index (χ2n) is 14.9. The monoisotopic (exact) mass is 710 g/mol. The van der Waals surface area contributed by atoms with Gasteiger partial charge in [0.25, 0.3) is 0 Å². The molecule has 2 nitrogen and oxygen atoms in total. The summed E-state index contributed by atoms with van der Waals surface area (Å²) in [5, 5.41) is 2.71. The molecule has 8 aromatic rings. The summed E-state index contributed by atoms with van der Waals surface area (Å²) in [6.45, 7) is 2.44. The summed E-state index contributed by atoms with van der Waals surface area (Å²) in [5.74, 6) is 0. The molecule has 0 N–H and O–H groups in total. The van der Waals surface area contributed by atoms with Crippen molar-refractivity contribution in [1.29, 1.82) is 0 Å². The summed E-state index contributed by atoms with van der Waals surface area (Å²) in [6.07, 6.45) is 0. The maximum atomic E-state index is 2.77. The van der Waals surface area contributed by atoms with Gasteiger partial charge in [-0.2, -0.15) is 0 Å². The molecule has 0 radical (unpaired) electrons. The van der Waals surface area contributed by atoms with Crippen molar-refractivity contribution in [2.45, 2.75) is 16.5 Å². The van der Waals surface area contributed by atoms with Gasteiger partial charge in [-0.05, 0) is 0 Å². The third-order valence-electron chi connectivity index (χ3n) is 11.4. The van der Waals surface area contributed by atoms with E-state index in [0.29, 0.717) is 7.25 Å². The van der Waals surface area contributed by atoms with Gasteiger partial charge in [-0.15, -0.1) is 0 Å². The Bertz CT molecular complexity index is 2450. The number of benzene rings is 6. The standard InChI is InChI=1S/2C21H14N.2CH3.H2Si.Zr/c2*1-2-9-16(10-3-1)22-19-13-7-6-12-18(19)21-17-11-5-4-8-15(17)14-20(21)22;;;;/h2*1-14H;2*1H3;1H2;. The molecule has 0 fully saturated rings. The molecule has 0 spiro atoms. The number of para-hydroxylation sites is 4. The van der Waals surface area contributed by atoms with Gasteiger partial charge in [0, 0.05) is 0 Å². The van der Waals surface area contributed by atoms with Crippen molar-refractivity contribution in [1.82, 2.24) is 9.13 Å². The van der Waals surface area contributed by atoms with Gasteiger partial charge in [0.15, 0.2) is 0 Å². The first-order valence-electron chi connectivity index (χ1n) is 17.1. The Kier molecular flexibility index (Phi) is 5.95. The third-order valence-corrected chi connectivity index (χ3v) is 28.4. The number of nitrogens with zero attached hydrogens (tertiary/aromatic N) is 2. The number of fused-ring (bicyclic) bond motifs is 10. The molecular formula is C44H36N2SiZr. The van der Waals surface area contributed by atoms with Crippen LogP contribution in [-0.2, 0) is 17.4 Å². The summed E-state index contributed by atoms with van der Waals surface area (Å²) in [5.41, 5.74) is 16.8. The Hall–Kier alpha value is -4.50. The van der Waals surface area contributed by atoms with E-state index in [4.69, 9.17) is 0 Å². The second kappa shape index (κ2) is 10.0. The quantitative estimate of drug-likeness (QED) is 0.161. The van der Waals surface area contributed by atoms with Gasteiger partial charge >= 0.3 is 286 Å². The van der Waals surface area contributed by atoms with E-state index in [1.54, 1.807) is 0 Å². The van der Waals surface area contributed by atoms with Crippen LogP contribution in [0.3, 0.4) is 0 Å². The van der Waals surface area contributed by atoms with Crippen LogP contribution in [0.15, 0.2) is 158 Å². The number of rotatable bonds is 4. The zero-order chi connectivity index (χ0) is 32.2. The number of hydrogen-bond donors (Lipinski definition) is 0. The topological polar surface area (TPSA) is 9.86 Å². The van der Waals surface area contributed by atoms with Crippen molar-refractivity contribution in [3.63, 3.8) is 0 Å². The fourth-order valence-electron chi connectivity index (χ4n) is 9.68. The van der Waals surface area contributed by atoms with Crippen LogP contribution in [0.25, 0.3) is 55.4 Å². The van der Waals surface area contributed by atoms with Gasteiger partial charge in [0.1, 0.15) is 0 Å². The molecule has 2 aliphatic carbocycles. The molecule has 4 heteroatoms. The first-order chi connectivity index (χ1) is 23.4. The van der Waals surface area contributed by atoms with Crippen LogP contribution in [0, 0.1) is 0 Å². The van der Waals surface area contributed by atoms with Gasteiger partial charge in [0.2, 0.25) is 0 Å². The molecule has 48 heavy (non-hydrogen) atoms. The van der Waals surface area contributed by atoms with E-state index in [1.807, 2.05) is 0 Å². The summed E-state index contributed by atoms with van der Waals surface area (Å²) in [4.78, 5) is 0. The van der Waals surface area contributed by atoms with E-state index in [0.717, 1.165) is 0 Å². The third kappa shape index (κ3) is 3.71. The Labute approximate surface area is 283 Å². The molecule has 0 saturated heterocycles. The van der Waals surface area contributed by atoms with Gasteiger partial charge < -0.3 is 0 Å². The molecule has 2 aliphatic rings. The Morgan fingerprint density at radius 1 is 0.438 bits per heavy atom. The number of hydrogen-bond acceptors (Lipinski definition) is 0. The fourth-order valence-corrected chi connectivity index (χ4v) is 27.4. The first-order valence-corrected chi connectivity index (χ1v) is 30.7. The van der Waals surface area contributed by atoms with Crippen molar-refractivity contribution < 1.29 is 17.4 Å². The van der Waals surface area contributed by atoms with Crippen molar-refractivity contribution in [2.75, 3.05) is 0 Å². The molecule has 10 rings (SSSR count). The summed E-state index contributed by atoms with van der Waals surface area (Å²) in [6, 6.07) is 59.0. The predicted octanol–water partition coefficient (Wildman–Crippen LogP) is 10.7. The summed E-state index contributed by atoms with van der Waals surface area (Å²) in [7, 11) is 0. The van der Waals surface area contributed by atoms with E-state index in [9.17, 15) is 0 Å². The fraction of sp³-hybridized carbons (Fsp3) is 0.0909. The molecule has 2 heterocycles. The van der Waals surface area contributed by atoms with E-state index in [-0.39, 0.29) is 0 Å². The Balaban J connectivity index is 1.35. The van der Waals surface area contributed by atoms with Crippen LogP contribution in [0.5, 0.6) is 0 Å². The van der Waals surface area contributed by atoms with Gasteiger partial charge in [0.05, 0.1) is 0 Å². The molecule has 0 bridgehead atoms. The van der Waals surface area contributed by atoms with Crippen molar-refractivity contribution in [3.05, 3.63) is 180 Å². The van der Waals surface area contributed by atoms with E-state index < -0.39 is 17.4 Å². The number of aromatic nitrogens is 2. The average molecular weight is 712 g/mol. The predicted molar refractivity (Wildman–Crippen MR) is 201 cm³/mol. The Morgan fingerprint density at radius 2 is 0.792 bits per heavy atom. The molecule has 0 saturated carbocycles. The van der Waals surface area contributed by atoms with Crippen molar-refractivity contribution in [2.24, 2.45) is 0 Å². The minimum atomic E-state index is -4.13. The average Bonchev–Trinajstić information content (AvgIpc) is 3.83. The van der Waals surface area contributed by atoms with Crippen LogP contribution >= 0.6 is 0 Å². The van der Waals surface area contributed by atoms with E-state index in [2.05, 4.69) is 183 Å². The van der Waals surface area contributed by atoms with Gasteiger partial charge in [-0.3, -0.25) is 0 Å². The summed E-state index contributed by atoms with van der Waals surface area (Å²) >= 11 is -4.13. The molecule has 0 amide bonds. The normalized spacial score (nSPS) is 16.6. The molecule has 2 unspecified atom stereocenters. The molecule has 2 atom stereocenters. The zero-order valence-corrected chi connectivity index (χ0v) is 31.1. The Morgan fingerprint density at radius 3 is 1.23 bits per heavy atom. The van der Waals surface area contributed by atoms with Crippen LogP contribution < -0.4 is 0 Å². The van der Waals surface area contributed by atoms with Crippen LogP contribution in [0.4, 0.5) is 0 Å². The van der Waals surface area contributed by atoms with Gasteiger partial charge in [-0.25, -0.2) is 0 Å². The first kappa shape index (κ1) is 28.5. The zero-order valence-electron chi connectivity index (χ0n) is 27.3. The second-order valence-corrected chi connectivity index (χ2v) is 45.3. The molecule has 0 aliphatic heterocycles. The van der Waals surface area contributed by atoms with Crippen LogP contribution in [0.2, 0.25) is 9.26 Å². The minimum absolute atomic E-state index is 0.315. The van der Waals surface area contributed by atoms with Crippen molar-refractivity contribution in [3.8, 4) is 33.6 Å². The molecule has 2 aromatic heterocycles. The van der Waals surface area contributed by atoms with E-state index >= 15 is 0 Å². The van der Waals surface area contributed by atoms with Crippen LogP contribution in [-0.4, -0.2) is 16.0 Å². The van der Waals surface area contributed by atoms with Crippen LogP contribution in [0.1, 0.15) is 29.8 Å². The van der Waals surface area contributed by atoms with Gasteiger partial charge in [-0.1, -0.05) is 0 Å². The van der Waals surface area contributed by atoms with Crippen molar-refractivity contribution >= 4 is 28.7 Å². The maximum absolute atomic E-state index is 4.13. The van der Waals surface area contributed by atoms with E-state index in [1.165, 1.54) is 77.9 Å². The summed E-state index contributed by atoms with van der Waals surface area (Å²) < 4.78 is 11.4. The molecular weight excluding hydrogens is 676 g/mol. The molecule has 230 valence electrons. The SMILES string of the molecule is [CH3][Zr]([CH3])(=[SiH2])([CH]1c2ccccc2-c2c1n(-c1ccccc1)c1ccccc21)[CH]1c2ccccc2-c2c1n(-c1ccccc1)c1ccccc21.